The molecule has 1 amide bonds. The molecule has 1 heterocycles. The summed E-state index contributed by atoms with van der Waals surface area (Å²) in [5.74, 6) is -0.120. The van der Waals surface area contributed by atoms with Crippen LogP contribution in [-0.4, -0.2) is 16.4 Å². The molecule has 0 saturated heterocycles. The molecule has 1 atom stereocenters. The smallest absolute Gasteiger partial charge is 0.250 e. The van der Waals surface area contributed by atoms with Gasteiger partial charge in [0, 0.05) is 31.1 Å². The molecule has 1 aromatic rings. The first kappa shape index (κ1) is 11.8. The van der Waals surface area contributed by atoms with Gasteiger partial charge in [0.2, 0.25) is 11.5 Å². The maximum atomic E-state index is 11.5. The van der Waals surface area contributed by atoms with Crippen LogP contribution in [0, 0.1) is 5.92 Å². The number of aryl methyl sites for hydroxylation is 1. The highest BCUT2D eigenvalue weighted by molar-refractivity contribution is 6.19. The monoisotopic (exact) mass is 228 g/mol. The lowest BCUT2D eigenvalue weighted by Gasteiger charge is -2.09. The van der Waals surface area contributed by atoms with Crippen LogP contribution in [0.1, 0.15) is 6.92 Å². The van der Waals surface area contributed by atoms with Gasteiger partial charge in [-0.1, -0.05) is 6.92 Å². The van der Waals surface area contributed by atoms with Gasteiger partial charge in [-0.25, -0.2) is 0 Å². The standard InChI is InChI=1S/C10H13ClN2O2/c1-7(5-11)10(15)12-8-3-4-9(14)13(2)6-8/h3-4,6-7H,5H2,1-2H3,(H,12,15). The maximum Gasteiger partial charge on any atom is 0.250 e. The Labute approximate surface area is 92.9 Å². The van der Waals surface area contributed by atoms with Crippen LogP contribution in [0.3, 0.4) is 0 Å². The van der Waals surface area contributed by atoms with Crippen LogP contribution < -0.4 is 10.9 Å². The molecule has 0 aliphatic carbocycles. The Kier molecular flexibility index (Phi) is 3.91. The van der Waals surface area contributed by atoms with E-state index in [1.807, 2.05) is 0 Å². The van der Waals surface area contributed by atoms with Crippen molar-refractivity contribution >= 4 is 23.2 Å². The highest BCUT2D eigenvalue weighted by atomic mass is 35.5. The van der Waals surface area contributed by atoms with Crippen LogP contribution in [0.5, 0.6) is 0 Å². The van der Waals surface area contributed by atoms with E-state index in [4.69, 9.17) is 11.6 Å². The number of amides is 1. The second-order valence-electron chi connectivity index (χ2n) is 3.41. The maximum absolute atomic E-state index is 11.5. The summed E-state index contributed by atoms with van der Waals surface area (Å²) in [4.78, 5) is 22.5. The molecule has 1 unspecified atom stereocenters. The fourth-order valence-electron chi connectivity index (χ4n) is 1.00. The molecular weight excluding hydrogens is 216 g/mol. The van der Waals surface area contributed by atoms with E-state index in [2.05, 4.69) is 5.32 Å². The Hall–Kier alpha value is -1.29. The van der Waals surface area contributed by atoms with Gasteiger partial charge in [-0.3, -0.25) is 9.59 Å². The van der Waals surface area contributed by atoms with Gasteiger partial charge >= 0.3 is 0 Å². The lowest BCUT2D eigenvalue weighted by molar-refractivity contribution is -0.118. The van der Waals surface area contributed by atoms with Crippen molar-refractivity contribution in [1.82, 2.24) is 4.57 Å². The third kappa shape index (κ3) is 3.09. The molecule has 0 spiro atoms. The van der Waals surface area contributed by atoms with Crippen molar-refractivity contribution in [2.45, 2.75) is 6.92 Å². The summed E-state index contributed by atoms with van der Waals surface area (Å²) >= 11 is 5.55. The number of nitrogens with zero attached hydrogens (tertiary/aromatic N) is 1. The van der Waals surface area contributed by atoms with Crippen molar-refractivity contribution in [2.24, 2.45) is 13.0 Å². The Bertz CT molecular complexity index is 414. The van der Waals surface area contributed by atoms with Crippen LogP contribution in [0.15, 0.2) is 23.1 Å². The fraction of sp³-hybridized carbons (Fsp3) is 0.400. The van der Waals surface area contributed by atoms with Crippen LogP contribution in [0.2, 0.25) is 0 Å². The van der Waals surface area contributed by atoms with Gasteiger partial charge in [0.1, 0.15) is 0 Å². The van der Waals surface area contributed by atoms with Gasteiger partial charge in [-0.05, 0) is 6.07 Å². The van der Waals surface area contributed by atoms with Crippen molar-refractivity contribution in [3.05, 3.63) is 28.7 Å². The van der Waals surface area contributed by atoms with Gasteiger partial charge in [0.15, 0.2) is 0 Å². The number of carbonyl (C=O) groups excluding carboxylic acids is 1. The zero-order valence-electron chi connectivity index (χ0n) is 8.66. The van der Waals surface area contributed by atoms with E-state index in [1.54, 1.807) is 26.2 Å². The third-order valence-corrected chi connectivity index (χ3v) is 2.50. The summed E-state index contributed by atoms with van der Waals surface area (Å²) in [6.45, 7) is 1.74. The Morgan fingerprint density at radius 2 is 2.27 bits per heavy atom. The molecular formula is C10H13ClN2O2. The predicted molar refractivity (Wildman–Crippen MR) is 60.2 cm³/mol. The van der Waals surface area contributed by atoms with Crippen LogP contribution >= 0.6 is 11.6 Å². The number of pyridine rings is 1. The first-order valence-electron chi connectivity index (χ1n) is 4.58. The summed E-state index contributed by atoms with van der Waals surface area (Å²) in [6, 6.07) is 2.97. The summed E-state index contributed by atoms with van der Waals surface area (Å²) < 4.78 is 1.40. The molecule has 0 fully saturated rings. The second-order valence-corrected chi connectivity index (χ2v) is 3.72. The minimum atomic E-state index is -0.246. The zero-order valence-corrected chi connectivity index (χ0v) is 9.41. The van der Waals surface area contributed by atoms with E-state index in [1.165, 1.54) is 10.6 Å². The zero-order chi connectivity index (χ0) is 11.4. The van der Waals surface area contributed by atoms with Crippen LogP contribution in [0.4, 0.5) is 5.69 Å². The van der Waals surface area contributed by atoms with Gasteiger partial charge in [-0.2, -0.15) is 0 Å². The van der Waals surface area contributed by atoms with Crippen molar-refractivity contribution < 1.29 is 4.79 Å². The molecule has 0 saturated carbocycles. The Balaban J connectivity index is 2.77. The third-order valence-electron chi connectivity index (χ3n) is 2.03. The number of aromatic nitrogens is 1. The predicted octanol–water partition coefficient (Wildman–Crippen LogP) is 1.20. The summed E-state index contributed by atoms with van der Waals surface area (Å²) in [6.07, 6.45) is 1.57. The van der Waals surface area contributed by atoms with E-state index < -0.39 is 0 Å². The van der Waals surface area contributed by atoms with E-state index in [0.29, 0.717) is 5.69 Å². The van der Waals surface area contributed by atoms with Gasteiger partial charge in [-0.15, -0.1) is 11.6 Å². The first-order valence-corrected chi connectivity index (χ1v) is 5.11. The van der Waals surface area contributed by atoms with Crippen LogP contribution in [0.25, 0.3) is 0 Å². The summed E-state index contributed by atoms with van der Waals surface area (Å²) in [5, 5.41) is 2.68. The molecule has 0 aliphatic heterocycles. The minimum Gasteiger partial charge on any atom is -0.325 e. The van der Waals surface area contributed by atoms with E-state index in [-0.39, 0.29) is 23.3 Å². The molecule has 5 heteroatoms. The van der Waals surface area contributed by atoms with E-state index in [9.17, 15) is 9.59 Å². The highest BCUT2D eigenvalue weighted by Crippen LogP contribution is 2.06. The molecule has 82 valence electrons. The molecule has 4 nitrogen and oxygen atoms in total. The number of rotatable bonds is 3. The second kappa shape index (κ2) is 4.98. The van der Waals surface area contributed by atoms with Gasteiger partial charge in [0.05, 0.1) is 5.69 Å². The number of carbonyl (C=O) groups is 1. The molecule has 15 heavy (non-hydrogen) atoms. The number of anilines is 1. The quantitative estimate of drug-likeness (QED) is 0.791. The van der Waals surface area contributed by atoms with Gasteiger partial charge < -0.3 is 9.88 Å². The number of hydrogen-bond donors (Lipinski definition) is 1. The lowest BCUT2D eigenvalue weighted by Crippen LogP contribution is -2.23. The van der Waals surface area contributed by atoms with E-state index in [0.717, 1.165) is 0 Å². The lowest BCUT2D eigenvalue weighted by atomic mass is 10.2. The first-order chi connectivity index (χ1) is 7.04. The highest BCUT2D eigenvalue weighted by Gasteiger charge is 2.11. The SMILES string of the molecule is CC(CCl)C(=O)Nc1ccc(=O)n(C)c1. The van der Waals surface area contributed by atoms with Gasteiger partial charge in [0.25, 0.3) is 0 Å². The van der Waals surface area contributed by atoms with Crippen LogP contribution in [-0.2, 0) is 11.8 Å². The molecule has 0 radical (unpaired) electrons. The molecule has 1 rings (SSSR count). The average molecular weight is 229 g/mol. The summed E-state index contributed by atoms with van der Waals surface area (Å²) in [7, 11) is 1.63. The number of hydrogen-bond acceptors (Lipinski definition) is 2. The Morgan fingerprint density at radius 1 is 1.60 bits per heavy atom. The number of alkyl halides is 1. The van der Waals surface area contributed by atoms with Crippen molar-refractivity contribution in [1.29, 1.82) is 0 Å². The normalized spacial score (nSPS) is 12.2. The summed E-state index contributed by atoms with van der Waals surface area (Å²) in [5.41, 5.74) is 0.484. The number of halogens is 1. The Morgan fingerprint density at radius 3 is 2.80 bits per heavy atom. The molecule has 0 aromatic carbocycles. The van der Waals surface area contributed by atoms with Crippen molar-refractivity contribution in [3.8, 4) is 0 Å². The molecule has 1 N–H and O–H groups in total. The largest absolute Gasteiger partial charge is 0.325 e. The van der Waals surface area contributed by atoms with E-state index >= 15 is 0 Å². The molecule has 0 bridgehead atoms. The number of nitrogens with one attached hydrogen (secondary N) is 1. The minimum absolute atomic E-state index is 0.113. The molecule has 1 aromatic heterocycles. The van der Waals surface area contributed by atoms with Crippen molar-refractivity contribution in [3.63, 3.8) is 0 Å². The average Bonchev–Trinajstić information content (AvgIpc) is 2.22. The molecule has 0 aliphatic rings. The topological polar surface area (TPSA) is 51.1 Å². The van der Waals surface area contributed by atoms with Crippen molar-refractivity contribution in [2.75, 3.05) is 11.2 Å². The fourth-order valence-corrected chi connectivity index (χ4v) is 1.14.